The van der Waals surface area contributed by atoms with E-state index in [0.717, 1.165) is 46.2 Å². The van der Waals surface area contributed by atoms with Crippen LogP contribution < -0.4 is 14.4 Å². The Labute approximate surface area is 174 Å². The SMILES string of the molecule is COc1ccc(OC)c2c1CN(c1nc(C)nc3sc4c(c13)CCCC4)C[C@H]2O. The lowest BCUT2D eigenvalue weighted by atomic mass is 9.94. The molecule has 3 heterocycles. The maximum Gasteiger partial charge on any atom is 0.141 e. The molecule has 0 saturated carbocycles. The van der Waals surface area contributed by atoms with Gasteiger partial charge in [0.2, 0.25) is 0 Å². The molecule has 0 bridgehead atoms. The molecule has 7 heteroatoms. The first kappa shape index (κ1) is 18.6. The summed E-state index contributed by atoms with van der Waals surface area (Å²) in [7, 11) is 3.30. The maximum absolute atomic E-state index is 11.0. The summed E-state index contributed by atoms with van der Waals surface area (Å²) in [5, 5.41) is 12.2. The Morgan fingerprint density at radius 1 is 1.07 bits per heavy atom. The molecule has 1 N–H and O–H groups in total. The summed E-state index contributed by atoms with van der Waals surface area (Å²) < 4.78 is 11.1. The molecule has 6 nitrogen and oxygen atoms in total. The quantitative estimate of drug-likeness (QED) is 0.704. The highest BCUT2D eigenvalue weighted by Crippen LogP contribution is 2.44. The number of hydrogen-bond acceptors (Lipinski definition) is 7. The Morgan fingerprint density at radius 2 is 1.83 bits per heavy atom. The highest BCUT2D eigenvalue weighted by molar-refractivity contribution is 7.19. The van der Waals surface area contributed by atoms with Crippen molar-refractivity contribution in [1.29, 1.82) is 0 Å². The number of hydrogen-bond donors (Lipinski definition) is 1. The van der Waals surface area contributed by atoms with Crippen molar-refractivity contribution in [3.63, 3.8) is 0 Å². The van der Waals surface area contributed by atoms with Crippen molar-refractivity contribution in [3.8, 4) is 11.5 Å². The van der Waals surface area contributed by atoms with Crippen molar-refractivity contribution in [2.75, 3.05) is 25.7 Å². The molecule has 1 aliphatic heterocycles. The first-order chi connectivity index (χ1) is 14.1. The smallest absolute Gasteiger partial charge is 0.141 e. The summed E-state index contributed by atoms with van der Waals surface area (Å²) in [5.74, 6) is 3.16. The number of β-amino-alcohol motifs (C(OH)–C–C–N with tert-alkyl or cyclic N) is 1. The van der Waals surface area contributed by atoms with Gasteiger partial charge in [-0.25, -0.2) is 9.97 Å². The summed E-state index contributed by atoms with van der Waals surface area (Å²) in [6.07, 6.45) is 3.99. The second-order valence-corrected chi connectivity index (χ2v) is 8.83. The highest BCUT2D eigenvalue weighted by atomic mass is 32.1. The number of aromatic nitrogens is 2. The van der Waals surface area contributed by atoms with Crippen LogP contribution in [-0.2, 0) is 19.4 Å². The van der Waals surface area contributed by atoms with E-state index in [4.69, 9.17) is 19.4 Å². The highest BCUT2D eigenvalue weighted by Gasteiger charge is 2.32. The molecule has 29 heavy (non-hydrogen) atoms. The molecule has 152 valence electrons. The Morgan fingerprint density at radius 3 is 2.62 bits per heavy atom. The molecular formula is C22H25N3O3S. The number of aryl methyl sites for hydroxylation is 3. The molecule has 2 aromatic heterocycles. The monoisotopic (exact) mass is 411 g/mol. The average Bonchev–Trinajstić information content (AvgIpc) is 3.10. The number of anilines is 1. The fraction of sp³-hybridized carbons (Fsp3) is 0.455. The van der Waals surface area contributed by atoms with E-state index in [1.807, 2.05) is 30.4 Å². The van der Waals surface area contributed by atoms with Crippen LogP contribution in [0.1, 0.15) is 46.3 Å². The molecule has 0 unspecified atom stereocenters. The Balaban J connectivity index is 1.67. The molecule has 0 spiro atoms. The van der Waals surface area contributed by atoms with Gasteiger partial charge < -0.3 is 19.5 Å². The van der Waals surface area contributed by atoms with Gasteiger partial charge in [-0.1, -0.05) is 0 Å². The van der Waals surface area contributed by atoms with Gasteiger partial charge in [0.15, 0.2) is 0 Å². The van der Waals surface area contributed by atoms with Crippen LogP contribution in [0.3, 0.4) is 0 Å². The number of rotatable bonds is 3. The zero-order chi connectivity index (χ0) is 20.1. The predicted octanol–water partition coefficient (Wildman–Crippen LogP) is 3.95. The Kier molecular flexibility index (Phi) is 4.59. The topological polar surface area (TPSA) is 67.7 Å². The number of benzene rings is 1. The third kappa shape index (κ3) is 2.95. The van der Waals surface area contributed by atoms with Crippen molar-refractivity contribution < 1.29 is 14.6 Å². The molecule has 0 fully saturated rings. The molecule has 2 aliphatic rings. The number of thiophene rings is 1. The van der Waals surface area contributed by atoms with Crippen molar-refractivity contribution >= 4 is 27.4 Å². The molecule has 1 aromatic carbocycles. The van der Waals surface area contributed by atoms with Crippen molar-refractivity contribution in [2.24, 2.45) is 0 Å². The van der Waals surface area contributed by atoms with E-state index < -0.39 is 6.10 Å². The van der Waals surface area contributed by atoms with Crippen LogP contribution in [0.4, 0.5) is 5.82 Å². The number of aliphatic hydroxyl groups is 1. The second-order valence-electron chi connectivity index (χ2n) is 7.74. The zero-order valence-corrected chi connectivity index (χ0v) is 17.8. The van der Waals surface area contributed by atoms with Crippen LogP contribution in [0.2, 0.25) is 0 Å². The average molecular weight is 412 g/mol. The van der Waals surface area contributed by atoms with Crippen LogP contribution in [0.5, 0.6) is 11.5 Å². The van der Waals surface area contributed by atoms with E-state index >= 15 is 0 Å². The fourth-order valence-electron chi connectivity index (χ4n) is 4.71. The molecule has 5 rings (SSSR count). The van der Waals surface area contributed by atoms with Crippen molar-refractivity contribution in [3.05, 3.63) is 39.5 Å². The number of methoxy groups -OCH3 is 2. The van der Waals surface area contributed by atoms with Gasteiger partial charge in [-0.15, -0.1) is 11.3 Å². The largest absolute Gasteiger partial charge is 0.496 e. The lowest BCUT2D eigenvalue weighted by molar-refractivity contribution is 0.169. The maximum atomic E-state index is 11.0. The number of fused-ring (bicyclic) bond motifs is 4. The summed E-state index contributed by atoms with van der Waals surface area (Å²) in [4.78, 5) is 14.3. The van der Waals surface area contributed by atoms with Gasteiger partial charge in [0.25, 0.3) is 0 Å². The minimum Gasteiger partial charge on any atom is -0.496 e. The number of aliphatic hydroxyl groups excluding tert-OH is 1. The van der Waals surface area contributed by atoms with Gasteiger partial charge >= 0.3 is 0 Å². The lowest BCUT2D eigenvalue weighted by Crippen LogP contribution is -2.35. The third-order valence-electron chi connectivity index (χ3n) is 6.00. The molecule has 0 amide bonds. The molecule has 0 radical (unpaired) electrons. The van der Waals surface area contributed by atoms with Gasteiger partial charge in [0.05, 0.1) is 26.2 Å². The summed E-state index contributed by atoms with van der Waals surface area (Å²) in [6.45, 7) is 3.02. The summed E-state index contributed by atoms with van der Waals surface area (Å²) in [5.41, 5.74) is 3.18. The Hall–Kier alpha value is -2.38. The standard InChI is InChI=1S/C22H25N3O3S/c1-12-23-21(20-13-6-4-5-7-18(13)29-22(20)24-12)25-10-14-16(27-2)8-9-17(28-3)19(14)15(26)11-25/h8-9,15,26H,4-7,10-11H2,1-3H3/t15-/m1/s1. The molecule has 1 atom stereocenters. The van der Waals surface area contributed by atoms with Gasteiger partial charge in [-0.3, -0.25) is 0 Å². The molecule has 3 aromatic rings. The fourth-order valence-corrected chi connectivity index (χ4v) is 6.01. The summed E-state index contributed by atoms with van der Waals surface area (Å²) >= 11 is 1.81. The predicted molar refractivity (Wildman–Crippen MR) is 114 cm³/mol. The van der Waals surface area contributed by atoms with E-state index in [1.54, 1.807) is 14.2 Å². The third-order valence-corrected chi connectivity index (χ3v) is 7.18. The van der Waals surface area contributed by atoms with Crippen molar-refractivity contribution in [2.45, 2.75) is 45.3 Å². The number of nitrogens with zero attached hydrogens (tertiary/aromatic N) is 3. The lowest BCUT2D eigenvalue weighted by Gasteiger charge is -2.35. The van der Waals surface area contributed by atoms with Crippen LogP contribution in [-0.4, -0.2) is 35.8 Å². The van der Waals surface area contributed by atoms with E-state index in [1.165, 1.54) is 28.7 Å². The van der Waals surface area contributed by atoms with E-state index in [0.29, 0.717) is 18.8 Å². The van der Waals surface area contributed by atoms with E-state index in [9.17, 15) is 5.11 Å². The second kappa shape index (κ2) is 7.15. The first-order valence-electron chi connectivity index (χ1n) is 10.1. The molecule has 1 aliphatic carbocycles. The van der Waals surface area contributed by atoms with Crippen LogP contribution in [0.15, 0.2) is 12.1 Å². The number of ether oxygens (including phenoxy) is 2. The Bertz CT molecular complexity index is 1090. The van der Waals surface area contributed by atoms with Gasteiger partial charge in [0.1, 0.15) is 34.1 Å². The normalized spacial score (nSPS) is 18.5. The van der Waals surface area contributed by atoms with Crippen molar-refractivity contribution in [1.82, 2.24) is 9.97 Å². The minimum absolute atomic E-state index is 0.465. The summed E-state index contributed by atoms with van der Waals surface area (Å²) in [6, 6.07) is 3.76. The minimum atomic E-state index is -0.677. The van der Waals surface area contributed by atoms with Gasteiger partial charge in [-0.05, 0) is 50.3 Å². The zero-order valence-electron chi connectivity index (χ0n) is 17.0. The molecule has 0 saturated heterocycles. The van der Waals surface area contributed by atoms with E-state index in [-0.39, 0.29) is 0 Å². The molecular weight excluding hydrogens is 386 g/mol. The van der Waals surface area contributed by atoms with Gasteiger partial charge in [-0.2, -0.15) is 0 Å². The van der Waals surface area contributed by atoms with E-state index in [2.05, 4.69) is 4.90 Å². The van der Waals surface area contributed by atoms with Crippen LogP contribution in [0, 0.1) is 6.92 Å². The first-order valence-corrected chi connectivity index (χ1v) is 10.9. The van der Waals surface area contributed by atoms with Crippen LogP contribution in [0.25, 0.3) is 10.2 Å². The van der Waals surface area contributed by atoms with Crippen LogP contribution >= 0.6 is 11.3 Å². The van der Waals surface area contributed by atoms with Gasteiger partial charge in [0, 0.05) is 22.5 Å².